The molecule has 2 nitrogen and oxygen atoms in total. The van der Waals surface area contributed by atoms with Gasteiger partial charge in [-0.05, 0) is 0 Å². The van der Waals surface area contributed by atoms with E-state index in [2.05, 4.69) is 0 Å². The Morgan fingerprint density at radius 2 is 1.80 bits per heavy atom. The minimum absolute atomic E-state index is 0. The zero-order valence-corrected chi connectivity index (χ0v) is 5.36. The molecule has 0 bridgehead atoms. The van der Waals surface area contributed by atoms with Crippen LogP contribution in [0.1, 0.15) is 9.78 Å². The van der Waals surface area contributed by atoms with Gasteiger partial charge >= 0.3 is 37.7 Å². The van der Waals surface area contributed by atoms with E-state index in [1.165, 1.54) is 6.92 Å². The van der Waals surface area contributed by atoms with E-state index in [9.17, 15) is 0 Å². The topological polar surface area (TPSA) is 55.3 Å². The maximum Gasteiger partial charge on any atom is 2.00 e. The smallest absolute Gasteiger partial charge is 1.00 e. The van der Waals surface area contributed by atoms with Crippen molar-refractivity contribution in [1.29, 1.82) is 5.26 Å². The third kappa shape index (κ3) is 68.7. The molecule has 2 N–H and O–H groups in total. The molecule has 0 saturated carbocycles. The molecule has 0 aliphatic rings. The van der Waals surface area contributed by atoms with E-state index >= 15 is 0 Å². The van der Waals surface area contributed by atoms with Crippen molar-refractivity contribution in [3.05, 3.63) is 0 Å². The number of nitriles is 1. The average molecular weight is 101 g/mol. The van der Waals surface area contributed by atoms with Gasteiger partial charge in [0.25, 0.3) is 0 Å². The molecule has 0 atom stereocenters. The van der Waals surface area contributed by atoms with Crippen LogP contribution >= 0.6 is 0 Å². The maximum atomic E-state index is 7.32. The predicted octanol–water partition coefficient (Wildman–Crippen LogP) is -0.451. The SMILES string of the molecule is CC#N.O.[Ca+2].[H-].[H-]. The number of hydrogen-bond donors (Lipinski definition) is 0. The first kappa shape index (κ1) is 17.2. The normalized spacial score (nSPS) is 1.60. The van der Waals surface area contributed by atoms with Gasteiger partial charge in [-0.15, -0.1) is 0 Å². The van der Waals surface area contributed by atoms with Gasteiger partial charge < -0.3 is 8.33 Å². The minimum Gasteiger partial charge on any atom is -1.00 e. The van der Waals surface area contributed by atoms with Crippen LogP contribution in [-0.2, 0) is 0 Å². The Morgan fingerprint density at radius 3 is 1.80 bits per heavy atom. The van der Waals surface area contributed by atoms with E-state index in [1.54, 1.807) is 6.07 Å². The number of nitrogens with zero attached hydrogens (tertiary/aromatic N) is 1. The van der Waals surface area contributed by atoms with Crippen molar-refractivity contribution in [2.24, 2.45) is 0 Å². The van der Waals surface area contributed by atoms with Crippen molar-refractivity contribution in [1.82, 2.24) is 0 Å². The largest absolute Gasteiger partial charge is 2.00 e. The first-order chi connectivity index (χ1) is 1.41. The van der Waals surface area contributed by atoms with E-state index in [0.29, 0.717) is 0 Å². The Labute approximate surface area is 64.1 Å². The van der Waals surface area contributed by atoms with Crippen LogP contribution in [0.2, 0.25) is 0 Å². The molecule has 0 aromatic carbocycles. The second kappa shape index (κ2) is 22.2. The standard InChI is InChI=1S/C2H3N.Ca.H2O.2H/c1-2-3;;;;/h1H3;;1H2;;/q;+2;;2*-1. The molecule has 0 radical (unpaired) electrons. The van der Waals surface area contributed by atoms with Crippen LogP contribution < -0.4 is 0 Å². The third-order valence-corrected chi connectivity index (χ3v) is 0. The summed E-state index contributed by atoms with van der Waals surface area (Å²) >= 11 is 0. The van der Waals surface area contributed by atoms with Crippen molar-refractivity contribution in [2.45, 2.75) is 6.92 Å². The molecular formula is C2H7CaNO. The second-order valence-corrected chi connectivity index (χ2v) is 0.224. The van der Waals surface area contributed by atoms with E-state index in [0.717, 1.165) is 0 Å². The fraction of sp³-hybridized carbons (Fsp3) is 0.500. The number of hydrogen-bond acceptors (Lipinski definition) is 1. The molecule has 0 aromatic rings. The van der Waals surface area contributed by atoms with Crippen LogP contribution in [0.15, 0.2) is 0 Å². The molecule has 0 heterocycles. The molecule has 28 valence electrons. The van der Waals surface area contributed by atoms with Gasteiger partial charge in [0.15, 0.2) is 0 Å². The summed E-state index contributed by atoms with van der Waals surface area (Å²) < 4.78 is 0. The molecule has 0 unspecified atom stereocenters. The van der Waals surface area contributed by atoms with Gasteiger partial charge in [-0.2, -0.15) is 5.26 Å². The van der Waals surface area contributed by atoms with Crippen LogP contribution in [0.3, 0.4) is 0 Å². The summed E-state index contributed by atoms with van der Waals surface area (Å²) in [6, 6.07) is 1.75. The van der Waals surface area contributed by atoms with Gasteiger partial charge in [-0.1, -0.05) is 0 Å². The molecule has 3 heteroatoms. The van der Waals surface area contributed by atoms with Crippen molar-refractivity contribution in [3.63, 3.8) is 0 Å². The summed E-state index contributed by atoms with van der Waals surface area (Å²) in [4.78, 5) is 0. The molecule has 0 spiro atoms. The van der Waals surface area contributed by atoms with Gasteiger partial charge in [-0.25, -0.2) is 0 Å². The molecular weight excluding hydrogens is 94.1 g/mol. The number of rotatable bonds is 0. The zero-order valence-electron chi connectivity index (χ0n) is 5.15. The van der Waals surface area contributed by atoms with Crippen molar-refractivity contribution in [2.75, 3.05) is 0 Å². The summed E-state index contributed by atoms with van der Waals surface area (Å²) in [6.07, 6.45) is 0. The monoisotopic (exact) mass is 101 g/mol. The van der Waals surface area contributed by atoms with Gasteiger partial charge in [0.1, 0.15) is 0 Å². The summed E-state index contributed by atoms with van der Waals surface area (Å²) in [5.74, 6) is 0. The first-order valence-electron chi connectivity index (χ1n) is 0.724. The summed E-state index contributed by atoms with van der Waals surface area (Å²) in [6.45, 7) is 1.43. The van der Waals surface area contributed by atoms with E-state index in [-0.39, 0.29) is 46.1 Å². The van der Waals surface area contributed by atoms with Crippen LogP contribution in [0.25, 0.3) is 0 Å². The summed E-state index contributed by atoms with van der Waals surface area (Å²) in [7, 11) is 0. The molecule has 0 aliphatic carbocycles. The second-order valence-electron chi connectivity index (χ2n) is 0.224. The van der Waals surface area contributed by atoms with Crippen LogP contribution in [0.5, 0.6) is 0 Å². The Morgan fingerprint density at radius 1 is 1.80 bits per heavy atom. The molecule has 0 amide bonds. The molecule has 0 saturated heterocycles. The van der Waals surface area contributed by atoms with Gasteiger partial charge in [-0.3, -0.25) is 0 Å². The van der Waals surface area contributed by atoms with Crippen LogP contribution in [0.4, 0.5) is 0 Å². The third-order valence-electron chi connectivity index (χ3n) is 0. The predicted molar refractivity (Wildman–Crippen MR) is 22.9 cm³/mol. The van der Waals surface area contributed by atoms with E-state index in [1.807, 2.05) is 0 Å². The molecule has 0 fully saturated rings. The first-order valence-corrected chi connectivity index (χ1v) is 0.724. The zero-order chi connectivity index (χ0) is 2.71. The van der Waals surface area contributed by atoms with Crippen molar-refractivity contribution in [3.8, 4) is 6.07 Å². The maximum absolute atomic E-state index is 7.32. The molecule has 0 aromatic heterocycles. The average Bonchev–Trinajstić information content (AvgIpc) is 0.918. The quantitative estimate of drug-likeness (QED) is 0.381. The van der Waals surface area contributed by atoms with Crippen molar-refractivity contribution >= 4 is 37.7 Å². The Hall–Kier alpha value is 0.710. The van der Waals surface area contributed by atoms with Gasteiger partial charge in [0.2, 0.25) is 0 Å². The Bertz CT molecular complexity index is 37.2. The van der Waals surface area contributed by atoms with Gasteiger partial charge in [0.05, 0.1) is 6.07 Å². The summed E-state index contributed by atoms with van der Waals surface area (Å²) in [5, 5.41) is 7.32. The summed E-state index contributed by atoms with van der Waals surface area (Å²) in [5.41, 5.74) is 0. The molecule has 5 heavy (non-hydrogen) atoms. The van der Waals surface area contributed by atoms with E-state index < -0.39 is 0 Å². The minimum atomic E-state index is 0. The van der Waals surface area contributed by atoms with Gasteiger partial charge in [0, 0.05) is 6.92 Å². The van der Waals surface area contributed by atoms with Crippen molar-refractivity contribution < 1.29 is 8.33 Å². The fourth-order valence-corrected chi connectivity index (χ4v) is 0. The Kier molecular flexibility index (Phi) is 76.5. The fourth-order valence-electron chi connectivity index (χ4n) is 0. The van der Waals surface area contributed by atoms with Crippen LogP contribution in [0, 0.1) is 11.3 Å². The molecule has 0 aliphatic heterocycles. The van der Waals surface area contributed by atoms with Crippen LogP contribution in [-0.4, -0.2) is 43.2 Å². The molecule has 0 rings (SSSR count). The Balaban J connectivity index is -0.00000000333. The van der Waals surface area contributed by atoms with E-state index in [4.69, 9.17) is 5.26 Å².